The lowest BCUT2D eigenvalue weighted by atomic mass is 10.2. The van der Waals surface area contributed by atoms with Crippen LogP contribution < -0.4 is 4.74 Å². The number of rotatable bonds is 4. The molecule has 1 saturated heterocycles. The lowest BCUT2D eigenvalue weighted by Crippen LogP contribution is -2.16. The Morgan fingerprint density at radius 2 is 2.41 bits per heavy atom. The van der Waals surface area contributed by atoms with Crippen molar-refractivity contribution in [3.63, 3.8) is 0 Å². The van der Waals surface area contributed by atoms with E-state index in [1.807, 2.05) is 0 Å². The Labute approximate surface area is 104 Å². The average molecular weight is 257 g/mol. The van der Waals surface area contributed by atoms with Gasteiger partial charge in [0, 0.05) is 6.61 Å². The third-order valence-corrected chi connectivity index (χ3v) is 2.96. The minimum absolute atomic E-state index is 0.0523. The zero-order valence-electron chi connectivity index (χ0n) is 9.19. The molecule has 1 aromatic rings. The molecule has 0 spiro atoms. The number of aromatic carboxylic acids is 1. The van der Waals surface area contributed by atoms with E-state index in [-0.39, 0.29) is 16.7 Å². The van der Waals surface area contributed by atoms with Gasteiger partial charge in [0.1, 0.15) is 12.4 Å². The zero-order chi connectivity index (χ0) is 12.3. The van der Waals surface area contributed by atoms with Gasteiger partial charge in [0.15, 0.2) is 0 Å². The quantitative estimate of drug-likeness (QED) is 0.900. The Bertz CT molecular complexity index is 413. The monoisotopic (exact) mass is 256 g/mol. The molecule has 0 amide bonds. The first-order chi connectivity index (χ1) is 8.16. The molecule has 0 bridgehead atoms. The number of carboxylic acids is 1. The number of benzene rings is 1. The smallest absolute Gasteiger partial charge is 0.337 e. The molecule has 0 saturated carbocycles. The number of carbonyl (C=O) groups is 1. The van der Waals surface area contributed by atoms with Gasteiger partial charge >= 0.3 is 5.97 Å². The minimum atomic E-state index is -1.06. The van der Waals surface area contributed by atoms with Gasteiger partial charge in [0.2, 0.25) is 0 Å². The summed E-state index contributed by atoms with van der Waals surface area (Å²) in [6.07, 6.45) is 2.15. The summed E-state index contributed by atoms with van der Waals surface area (Å²) in [5, 5.41) is 9.12. The fourth-order valence-electron chi connectivity index (χ4n) is 1.72. The van der Waals surface area contributed by atoms with Crippen LogP contribution in [0, 0.1) is 0 Å². The molecule has 0 aromatic heterocycles. The third-order valence-electron chi connectivity index (χ3n) is 2.63. The number of hydrogen-bond donors (Lipinski definition) is 1. The molecule has 1 aliphatic rings. The van der Waals surface area contributed by atoms with Crippen molar-refractivity contribution < 1.29 is 19.4 Å². The average Bonchev–Trinajstić information content (AvgIpc) is 2.80. The first kappa shape index (κ1) is 12.2. The molecule has 1 N–H and O–H groups in total. The molecule has 17 heavy (non-hydrogen) atoms. The Kier molecular flexibility index (Phi) is 3.86. The van der Waals surface area contributed by atoms with Gasteiger partial charge in [-0.2, -0.15) is 0 Å². The maximum Gasteiger partial charge on any atom is 0.337 e. The fourth-order valence-corrected chi connectivity index (χ4v) is 1.92. The van der Waals surface area contributed by atoms with Crippen molar-refractivity contribution in [2.75, 3.05) is 13.2 Å². The predicted molar refractivity (Wildman–Crippen MR) is 62.9 cm³/mol. The van der Waals surface area contributed by atoms with Gasteiger partial charge in [0.05, 0.1) is 16.7 Å². The molecule has 1 aromatic carbocycles. The van der Waals surface area contributed by atoms with Crippen LogP contribution in [-0.4, -0.2) is 30.4 Å². The van der Waals surface area contributed by atoms with Crippen LogP contribution in [0.5, 0.6) is 5.75 Å². The summed E-state index contributed by atoms with van der Waals surface area (Å²) in [6.45, 7) is 1.22. The Morgan fingerprint density at radius 3 is 3.06 bits per heavy atom. The second-order valence-electron chi connectivity index (χ2n) is 3.89. The molecule has 1 heterocycles. The highest BCUT2D eigenvalue weighted by molar-refractivity contribution is 6.33. The molecule has 1 atom stereocenters. The summed E-state index contributed by atoms with van der Waals surface area (Å²) >= 11 is 5.76. The van der Waals surface area contributed by atoms with Crippen LogP contribution in [0.1, 0.15) is 23.2 Å². The molecule has 92 valence electrons. The van der Waals surface area contributed by atoms with Gasteiger partial charge in [0.25, 0.3) is 0 Å². The van der Waals surface area contributed by atoms with E-state index in [1.165, 1.54) is 12.1 Å². The van der Waals surface area contributed by atoms with Crippen LogP contribution in [0.15, 0.2) is 18.2 Å². The normalized spacial score (nSPS) is 19.2. The molecule has 1 aliphatic heterocycles. The molecule has 0 aliphatic carbocycles. The molecule has 5 heteroatoms. The summed E-state index contributed by atoms with van der Waals surface area (Å²) in [6, 6.07) is 4.61. The van der Waals surface area contributed by atoms with Gasteiger partial charge in [-0.15, -0.1) is 0 Å². The SMILES string of the molecule is O=C(O)c1cc(OCC2CCCO2)ccc1Cl. The standard InChI is InChI=1S/C12H13ClO4/c13-11-4-3-8(6-10(11)12(14)15)17-7-9-2-1-5-16-9/h3-4,6,9H,1-2,5,7H2,(H,14,15). The van der Waals surface area contributed by atoms with Crippen molar-refractivity contribution in [3.05, 3.63) is 28.8 Å². The summed E-state index contributed by atoms with van der Waals surface area (Å²) in [5.74, 6) is -0.556. The van der Waals surface area contributed by atoms with Crippen molar-refractivity contribution in [2.45, 2.75) is 18.9 Å². The van der Waals surface area contributed by atoms with Crippen LogP contribution in [0.25, 0.3) is 0 Å². The van der Waals surface area contributed by atoms with Crippen molar-refractivity contribution in [2.24, 2.45) is 0 Å². The van der Waals surface area contributed by atoms with E-state index in [2.05, 4.69) is 0 Å². The van der Waals surface area contributed by atoms with Gasteiger partial charge in [-0.1, -0.05) is 11.6 Å². The molecule has 1 fully saturated rings. The Balaban J connectivity index is 2.00. The molecule has 1 unspecified atom stereocenters. The second-order valence-corrected chi connectivity index (χ2v) is 4.30. The van der Waals surface area contributed by atoms with E-state index >= 15 is 0 Å². The number of carboxylic acid groups (broad SMARTS) is 1. The van der Waals surface area contributed by atoms with Crippen LogP contribution in [0.4, 0.5) is 0 Å². The number of halogens is 1. The molecule has 4 nitrogen and oxygen atoms in total. The van der Waals surface area contributed by atoms with E-state index in [9.17, 15) is 4.79 Å². The van der Waals surface area contributed by atoms with Crippen molar-refractivity contribution in [1.82, 2.24) is 0 Å². The predicted octanol–water partition coefficient (Wildman–Crippen LogP) is 2.60. The zero-order valence-corrected chi connectivity index (χ0v) is 9.94. The van der Waals surface area contributed by atoms with Gasteiger partial charge in [-0.3, -0.25) is 0 Å². The highest BCUT2D eigenvalue weighted by Gasteiger charge is 2.16. The molecule has 2 rings (SSSR count). The summed E-state index contributed by atoms with van der Waals surface area (Å²) in [5.41, 5.74) is 0.0523. The fraction of sp³-hybridized carbons (Fsp3) is 0.417. The van der Waals surface area contributed by atoms with Gasteiger partial charge in [-0.05, 0) is 31.0 Å². The van der Waals surface area contributed by atoms with Crippen LogP contribution in [0.3, 0.4) is 0 Å². The van der Waals surface area contributed by atoms with Gasteiger partial charge < -0.3 is 14.6 Å². The van der Waals surface area contributed by atoms with E-state index < -0.39 is 5.97 Å². The van der Waals surface area contributed by atoms with E-state index in [0.717, 1.165) is 19.4 Å². The number of hydrogen-bond acceptors (Lipinski definition) is 3. The maximum atomic E-state index is 10.9. The summed E-state index contributed by atoms with van der Waals surface area (Å²) < 4.78 is 10.9. The highest BCUT2D eigenvalue weighted by atomic mass is 35.5. The Hall–Kier alpha value is -1.26. The molecular formula is C12H13ClO4. The van der Waals surface area contributed by atoms with Crippen molar-refractivity contribution >= 4 is 17.6 Å². The van der Waals surface area contributed by atoms with E-state index in [1.54, 1.807) is 6.07 Å². The summed E-state index contributed by atoms with van der Waals surface area (Å²) in [7, 11) is 0. The van der Waals surface area contributed by atoms with Crippen molar-refractivity contribution in [1.29, 1.82) is 0 Å². The molecular weight excluding hydrogens is 244 g/mol. The third kappa shape index (κ3) is 3.11. The second kappa shape index (κ2) is 5.38. The minimum Gasteiger partial charge on any atom is -0.491 e. The highest BCUT2D eigenvalue weighted by Crippen LogP contribution is 2.23. The largest absolute Gasteiger partial charge is 0.491 e. The maximum absolute atomic E-state index is 10.9. The molecule has 0 radical (unpaired) electrons. The van der Waals surface area contributed by atoms with Crippen LogP contribution in [-0.2, 0) is 4.74 Å². The first-order valence-corrected chi connectivity index (χ1v) is 5.82. The van der Waals surface area contributed by atoms with Crippen LogP contribution >= 0.6 is 11.6 Å². The van der Waals surface area contributed by atoms with Crippen molar-refractivity contribution in [3.8, 4) is 5.75 Å². The van der Waals surface area contributed by atoms with E-state index in [0.29, 0.717) is 12.4 Å². The Morgan fingerprint density at radius 1 is 1.59 bits per heavy atom. The number of ether oxygens (including phenoxy) is 2. The topological polar surface area (TPSA) is 55.8 Å². The lowest BCUT2D eigenvalue weighted by molar-refractivity contribution is 0.0672. The van der Waals surface area contributed by atoms with Crippen LogP contribution in [0.2, 0.25) is 5.02 Å². The lowest BCUT2D eigenvalue weighted by Gasteiger charge is -2.12. The first-order valence-electron chi connectivity index (χ1n) is 5.44. The summed E-state index contributed by atoms with van der Waals surface area (Å²) in [4.78, 5) is 10.9. The van der Waals surface area contributed by atoms with Gasteiger partial charge in [-0.25, -0.2) is 4.79 Å². The van der Waals surface area contributed by atoms with E-state index in [4.69, 9.17) is 26.2 Å².